The fourth-order valence-corrected chi connectivity index (χ4v) is 2.47. The van der Waals surface area contributed by atoms with Gasteiger partial charge in [-0.3, -0.25) is 4.90 Å². The molecular formula is C14H21FN2. The van der Waals surface area contributed by atoms with Crippen molar-refractivity contribution in [1.82, 2.24) is 4.90 Å². The Kier molecular flexibility index (Phi) is 3.79. The number of halogens is 1. The first kappa shape index (κ1) is 12.5. The van der Waals surface area contributed by atoms with E-state index in [1.165, 1.54) is 18.9 Å². The highest BCUT2D eigenvalue weighted by atomic mass is 19.1. The van der Waals surface area contributed by atoms with Gasteiger partial charge in [0.15, 0.2) is 0 Å². The molecule has 0 aliphatic heterocycles. The molecule has 2 nitrogen and oxygen atoms in total. The lowest BCUT2D eigenvalue weighted by molar-refractivity contribution is 0.210. The van der Waals surface area contributed by atoms with Gasteiger partial charge in [-0.15, -0.1) is 0 Å². The van der Waals surface area contributed by atoms with Crippen LogP contribution in [0, 0.1) is 11.7 Å². The molecule has 2 atom stereocenters. The van der Waals surface area contributed by atoms with Gasteiger partial charge >= 0.3 is 0 Å². The average Bonchev–Trinajstić information content (AvgIpc) is 3.01. The molecule has 0 radical (unpaired) electrons. The lowest BCUT2D eigenvalue weighted by atomic mass is 9.99. The van der Waals surface area contributed by atoms with Gasteiger partial charge in [-0.1, -0.05) is 12.1 Å². The Hall–Kier alpha value is -0.930. The molecule has 0 heterocycles. The van der Waals surface area contributed by atoms with E-state index in [1.54, 1.807) is 12.1 Å². The highest BCUT2D eigenvalue weighted by Crippen LogP contribution is 2.32. The van der Waals surface area contributed by atoms with E-state index < -0.39 is 0 Å². The molecule has 0 saturated heterocycles. The molecule has 1 fully saturated rings. The van der Waals surface area contributed by atoms with Gasteiger partial charge < -0.3 is 5.73 Å². The Bertz CT molecular complexity index is 374. The Labute approximate surface area is 103 Å². The fourth-order valence-electron chi connectivity index (χ4n) is 2.47. The molecule has 0 amide bonds. The van der Waals surface area contributed by atoms with Gasteiger partial charge in [0.2, 0.25) is 0 Å². The zero-order valence-electron chi connectivity index (χ0n) is 10.6. The van der Waals surface area contributed by atoms with E-state index in [2.05, 4.69) is 11.9 Å². The third-order valence-electron chi connectivity index (χ3n) is 3.41. The molecule has 2 unspecified atom stereocenters. The predicted octanol–water partition coefficient (Wildman–Crippen LogP) is 2.56. The number of benzene rings is 1. The van der Waals surface area contributed by atoms with E-state index in [1.807, 2.05) is 13.0 Å². The van der Waals surface area contributed by atoms with E-state index in [4.69, 9.17) is 5.73 Å². The summed E-state index contributed by atoms with van der Waals surface area (Å²) in [4.78, 5) is 2.26. The molecule has 1 aromatic rings. The van der Waals surface area contributed by atoms with Crippen molar-refractivity contribution in [2.45, 2.75) is 31.8 Å². The number of nitrogens with zero attached hydrogens (tertiary/aromatic N) is 1. The molecule has 1 aromatic carbocycles. The Morgan fingerprint density at radius 1 is 1.47 bits per heavy atom. The minimum Gasteiger partial charge on any atom is -0.326 e. The van der Waals surface area contributed by atoms with Gasteiger partial charge in [0.1, 0.15) is 5.82 Å². The van der Waals surface area contributed by atoms with Crippen molar-refractivity contribution in [1.29, 1.82) is 0 Å². The summed E-state index contributed by atoms with van der Waals surface area (Å²) in [5.41, 5.74) is 7.03. The molecule has 0 bridgehead atoms. The summed E-state index contributed by atoms with van der Waals surface area (Å²) in [6.45, 7) is 3.04. The first-order valence-corrected chi connectivity index (χ1v) is 6.29. The minimum atomic E-state index is -0.187. The topological polar surface area (TPSA) is 29.3 Å². The maximum atomic E-state index is 13.3. The van der Waals surface area contributed by atoms with Crippen LogP contribution < -0.4 is 5.73 Å². The molecule has 1 aliphatic carbocycles. The highest BCUT2D eigenvalue weighted by molar-refractivity contribution is 5.21. The molecule has 17 heavy (non-hydrogen) atoms. The summed E-state index contributed by atoms with van der Waals surface area (Å²) in [6.07, 6.45) is 2.64. The van der Waals surface area contributed by atoms with Gasteiger partial charge in [-0.25, -0.2) is 4.39 Å². The van der Waals surface area contributed by atoms with E-state index in [0.29, 0.717) is 0 Å². The number of rotatable bonds is 5. The van der Waals surface area contributed by atoms with E-state index >= 15 is 0 Å². The largest absolute Gasteiger partial charge is 0.326 e. The van der Waals surface area contributed by atoms with Crippen LogP contribution in [0.5, 0.6) is 0 Å². The standard InChI is InChI=1S/C14H21FN2/c1-10(16)14(17(2)9-11-6-7-11)12-4-3-5-13(15)8-12/h3-5,8,10-11,14H,6-7,9,16H2,1-2H3. The monoisotopic (exact) mass is 236 g/mol. The second kappa shape index (κ2) is 5.15. The molecule has 1 saturated carbocycles. The maximum absolute atomic E-state index is 13.3. The van der Waals surface area contributed by atoms with Crippen LogP contribution in [0.4, 0.5) is 4.39 Å². The van der Waals surface area contributed by atoms with Crippen molar-refractivity contribution in [3.63, 3.8) is 0 Å². The van der Waals surface area contributed by atoms with Crippen LogP contribution in [0.1, 0.15) is 31.4 Å². The molecular weight excluding hydrogens is 215 g/mol. The summed E-state index contributed by atoms with van der Waals surface area (Å²) in [5, 5.41) is 0. The van der Waals surface area contributed by atoms with Crippen LogP contribution in [0.25, 0.3) is 0 Å². The lowest BCUT2D eigenvalue weighted by Gasteiger charge is -2.31. The average molecular weight is 236 g/mol. The van der Waals surface area contributed by atoms with Gasteiger partial charge in [-0.05, 0) is 50.4 Å². The second-order valence-electron chi connectivity index (χ2n) is 5.24. The number of hydrogen-bond donors (Lipinski definition) is 1. The van der Waals surface area contributed by atoms with Gasteiger partial charge in [0.05, 0.1) is 0 Å². The van der Waals surface area contributed by atoms with Gasteiger partial charge in [0, 0.05) is 18.6 Å². The summed E-state index contributed by atoms with van der Waals surface area (Å²) in [6, 6.07) is 6.89. The minimum absolute atomic E-state index is 0.000509. The fraction of sp³-hybridized carbons (Fsp3) is 0.571. The van der Waals surface area contributed by atoms with Crippen molar-refractivity contribution in [2.75, 3.05) is 13.6 Å². The van der Waals surface area contributed by atoms with Crippen LogP contribution >= 0.6 is 0 Å². The molecule has 94 valence electrons. The first-order chi connectivity index (χ1) is 8.08. The molecule has 0 aromatic heterocycles. The molecule has 3 heteroatoms. The lowest BCUT2D eigenvalue weighted by Crippen LogP contribution is -2.38. The Morgan fingerprint density at radius 2 is 2.18 bits per heavy atom. The third-order valence-corrected chi connectivity index (χ3v) is 3.41. The van der Waals surface area contributed by atoms with E-state index in [-0.39, 0.29) is 17.9 Å². The zero-order chi connectivity index (χ0) is 12.4. The molecule has 2 rings (SSSR count). The van der Waals surface area contributed by atoms with Gasteiger partial charge in [-0.2, -0.15) is 0 Å². The van der Waals surface area contributed by atoms with Crippen molar-refractivity contribution >= 4 is 0 Å². The highest BCUT2D eigenvalue weighted by Gasteiger charge is 2.28. The van der Waals surface area contributed by atoms with Crippen LogP contribution in [0.3, 0.4) is 0 Å². The summed E-state index contributed by atoms with van der Waals surface area (Å²) in [5.74, 6) is 0.628. The van der Waals surface area contributed by atoms with Crippen LogP contribution in [-0.4, -0.2) is 24.5 Å². The van der Waals surface area contributed by atoms with Crippen LogP contribution in [0.2, 0.25) is 0 Å². The summed E-state index contributed by atoms with van der Waals surface area (Å²) >= 11 is 0. The smallest absolute Gasteiger partial charge is 0.123 e. The van der Waals surface area contributed by atoms with Crippen molar-refractivity contribution < 1.29 is 4.39 Å². The summed E-state index contributed by atoms with van der Waals surface area (Å²) < 4.78 is 13.3. The molecule has 0 spiro atoms. The zero-order valence-corrected chi connectivity index (χ0v) is 10.6. The van der Waals surface area contributed by atoms with E-state index in [0.717, 1.165) is 18.0 Å². The SMILES string of the molecule is CC(N)C(c1cccc(F)c1)N(C)CC1CC1. The van der Waals surface area contributed by atoms with Crippen LogP contribution in [0.15, 0.2) is 24.3 Å². The van der Waals surface area contributed by atoms with Crippen molar-refractivity contribution in [3.8, 4) is 0 Å². The number of nitrogens with two attached hydrogens (primary N) is 1. The van der Waals surface area contributed by atoms with Crippen molar-refractivity contribution in [3.05, 3.63) is 35.6 Å². The normalized spacial score (nSPS) is 19.4. The van der Waals surface area contributed by atoms with E-state index in [9.17, 15) is 4.39 Å². The quantitative estimate of drug-likeness (QED) is 0.851. The molecule has 1 aliphatic rings. The second-order valence-corrected chi connectivity index (χ2v) is 5.24. The first-order valence-electron chi connectivity index (χ1n) is 6.29. The Balaban J connectivity index is 2.15. The van der Waals surface area contributed by atoms with Gasteiger partial charge in [0.25, 0.3) is 0 Å². The Morgan fingerprint density at radius 3 is 2.71 bits per heavy atom. The third kappa shape index (κ3) is 3.27. The maximum Gasteiger partial charge on any atom is 0.123 e. The molecule has 2 N–H and O–H groups in total. The van der Waals surface area contributed by atoms with Crippen LogP contribution in [-0.2, 0) is 0 Å². The summed E-state index contributed by atoms with van der Waals surface area (Å²) in [7, 11) is 2.08. The number of likely N-dealkylation sites (N-methyl/N-ethyl adjacent to an activating group) is 1. The van der Waals surface area contributed by atoms with Crippen molar-refractivity contribution in [2.24, 2.45) is 11.7 Å². The number of hydrogen-bond acceptors (Lipinski definition) is 2. The predicted molar refractivity (Wildman–Crippen MR) is 68.1 cm³/mol.